The smallest absolute Gasteiger partial charge is 0.306 e. The molecule has 154 valence electrons. The molecule has 6 heteroatoms. The fourth-order valence-electron chi connectivity index (χ4n) is 3.12. The van der Waals surface area contributed by atoms with E-state index in [9.17, 15) is 19.5 Å². The van der Waals surface area contributed by atoms with E-state index in [0.29, 0.717) is 6.42 Å². The minimum Gasteiger partial charge on any atom is -0.481 e. The van der Waals surface area contributed by atoms with Crippen LogP contribution in [-0.4, -0.2) is 34.1 Å². The number of hydrogen-bond donors (Lipinski definition) is 3. The molecule has 0 fully saturated rings. The molecule has 29 heavy (non-hydrogen) atoms. The van der Waals surface area contributed by atoms with Gasteiger partial charge in [-0.05, 0) is 29.5 Å². The number of carbonyl (C=O) groups excluding carboxylic acids is 1. The second-order valence-corrected chi connectivity index (χ2v) is 7.45. The summed E-state index contributed by atoms with van der Waals surface area (Å²) in [4.78, 5) is 34.4. The van der Waals surface area contributed by atoms with Gasteiger partial charge in [-0.25, -0.2) is 0 Å². The van der Waals surface area contributed by atoms with E-state index >= 15 is 0 Å². The Kier molecular flexibility index (Phi) is 7.95. The molecule has 0 heterocycles. The first-order chi connectivity index (χ1) is 13.8. The van der Waals surface area contributed by atoms with Gasteiger partial charge in [-0.15, -0.1) is 0 Å². The molecular formula is C23H27NO5. The summed E-state index contributed by atoms with van der Waals surface area (Å²) >= 11 is 0. The molecule has 0 spiro atoms. The monoisotopic (exact) mass is 397 g/mol. The third-order valence-electron chi connectivity index (χ3n) is 4.88. The first kappa shape index (κ1) is 22.1. The van der Waals surface area contributed by atoms with Gasteiger partial charge in [-0.1, -0.05) is 68.4 Å². The number of nitrogens with one attached hydrogen (secondary N) is 1. The van der Waals surface area contributed by atoms with Crippen LogP contribution in [0, 0.1) is 11.8 Å². The van der Waals surface area contributed by atoms with Crippen molar-refractivity contribution in [1.82, 2.24) is 5.32 Å². The van der Waals surface area contributed by atoms with E-state index in [-0.39, 0.29) is 18.7 Å². The molecule has 3 N–H and O–H groups in total. The highest BCUT2D eigenvalue weighted by Gasteiger charge is 2.22. The van der Waals surface area contributed by atoms with Crippen molar-refractivity contribution in [3.63, 3.8) is 0 Å². The van der Waals surface area contributed by atoms with Gasteiger partial charge < -0.3 is 15.5 Å². The Morgan fingerprint density at radius 2 is 1.38 bits per heavy atom. The summed E-state index contributed by atoms with van der Waals surface area (Å²) in [6.07, 6.45) is 0.600. The summed E-state index contributed by atoms with van der Waals surface area (Å²) in [7, 11) is 0. The summed E-state index contributed by atoms with van der Waals surface area (Å²) in [6.45, 7) is 3.07. The maximum absolute atomic E-state index is 12.2. The average molecular weight is 397 g/mol. The highest BCUT2D eigenvalue weighted by atomic mass is 16.4. The van der Waals surface area contributed by atoms with Crippen molar-refractivity contribution >= 4 is 17.8 Å². The van der Waals surface area contributed by atoms with Crippen molar-refractivity contribution in [1.29, 1.82) is 0 Å². The van der Waals surface area contributed by atoms with Crippen molar-refractivity contribution in [2.24, 2.45) is 11.8 Å². The topological polar surface area (TPSA) is 104 Å². The summed E-state index contributed by atoms with van der Waals surface area (Å²) in [5.74, 6) is -3.77. The summed E-state index contributed by atoms with van der Waals surface area (Å²) in [5.41, 5.74) is 3.15. The Morgan fingerprint density at radius 3 is 1.93 bits per heavy atom. The van der Waals surface area contributed by atoms with E-state index in [2.05, 4.69) is 5.32 Å². The van der Waals surface area contributed by atoms with Gasteiger partial charge in [0.2, 0.25) is 5.91 Å². The normalized spacial score (nSPS) is 13.9. The number of benzene rings is 2. The molecule has 6 nitrogen and oxygen atoms in total. The second kappa shape index (κ2) is 10.4. The fourth-order valence-corrected chi connectivity index (χ4v) is 3.12. The summed E-state index contributed by atoms with van der Waals surface area (Å²) in [6, 6.07) is 17.5. The summed E-state index contributed by atoms with van der Waals surface area (Å²) in [5, 5.41) is 21.0. The van der Waals surface area contributed by atoms with Crippen molar-refractivity contribution < 1.29 is 24.6 Å². The highest BCUT2D eigenvalue weighted by Crippen LogP contribution is 2.20. The molecule has 0 aromatic heterocycles. The molecule has 0 radical (unpaired) electrons. The van der Waals surface area contributed by atoms with Crippen molar-refractivity contribution in [3.05, 3.63) is 60.2 Å². The van der Waals surface area contributed by atoms with E-state index in [4.69, 9.17) is 5.11 Å². The molecule has 3 atom stereocenters. The third kappa shape index (κ3) is 7.07. The molecule has 1 unspecified atom stereocenters. The van der Waals surface area contributed by atoms with Crippen LogP contribution in [0.2, 0.25) is 0 Å². The predicted molar refractivity (Wildman–Crippen MR) is 110 cm³/mol. The van der Waals surface area contributed by atoms with E-state index in [0.717, 1.165) is 16.7 Å². The zero-order valence-corrected chi connectivity index (χ0v) is 16.7. The van der Waals surface area contributed by atoms with Crippen LogP contribution in [-0.2, 0) is 20.8 Å². The lowest BCUT2D eigenvalue weighted by atomic mass is 9.94. The Morgan fingerprint density at radius 1 is 0.828 bits per heavy atom. The molecule has 0 saturated heterocycles. The molecule has 2 aromatic rings. The van der Waals surface area contributed by atoms with Crippen LogP contribution >= 0.6 is 0 Å². The molecular weight excluding hydrogens is 370 g/mol. The maximum Gasteiger partial charge on any atom is 0.306 e. The molecule has 0 saturated carbocycles. The molecule has 2 aromatic carbocycles. The molecule has 2 rings (SSSR count). The number of carbonyl (C=O) groups is 3. The Balaban J connectivity index is 2.08. The van der Waals surface area contributed by atoms with Crippen LogP contribution in [0.4, 0.5) is 0 Å². The van der Waals surface area contributed by atoms with Gasteiger partial charge in [-0.3, -0.25) is 14.4 Å². The maximum atomic E-state index is 12.2. The van der Waals surface area contributed by atoms with E-state index < -0.39 is 29.8 Å². The van der Waals surface area contributed by atoms with Crippen LogP contribution in [0.15, 0.2) is 54.6 Å². The van der Waals surface area contributed by atoms with Gasteiger partial charge >= 0.3 is 11.9 Å². The predicted octanol–water partition coefficient (Wildman–Crippen LogP) is 3.60. The third-order valence-corrected chi connectivity index (χ3v) is 4.88. The fraction of sp³-hybridized carbons (Fsp3) is 0.348. The van der Waals surface area contributed by atoms with Gasteiger partial charge in [-0.2, -0.15) is 0 Å². The van der Waals surface area contributed by atoms with Gasteiger partial charge in [0.15, 0.2) is 0 Å². The standard InChI is InChI=1S/C23H27NO5/c1-15(22(26)27)12-20(24-21(25)13-16(2)23(28)29)14-17-8-10-19(11-9-17)18-6-4-3-5-7-18/h3-11,15-16,20H,12-14H2,1-2H3,(H,24,25)(H,26,27)(H,28,29)/t15-,16?,20+/m1/s1. The largest absolute Gasteiger partial charge is 0.481 e. The van der Waals surface area contributed by atoms with Crippen LogP contribution in [0.5, 0.6) is 0 Å². The average Bonchev–Trinajstić information content (AvgIpc) is 2.68. The lowest BCUT2D eigenvalue weighted by Gasteiger charge is -2.21. The summed E-state index contributed by atoms with van der Waals surface area (Å²) < 4.78 is 0. The van der Waals surface area contributed by atoms with E-state index in [1.165, 1.54) is 6.92 Å². The zero-order chi connectivity index (χ0) is 21.4. The van der Waals surface area contributed by atoms with Gasteiger partial charge in [0, 0.05) is 12.5 Å². The minimum absolute atomic E-state index is 0.139. The van der Waals surface area contributed by atoms with Crippen LogP contribution < -0.4 is 5.32 Å². The Bertz CT molecular complexity index is 832. The molecule has 0 aliphatic heterocycles. The molecule has 0 aliphatic carbocycles. The highest BCUT2D eigenvalue weighted by molar-refractivity contribution is 5.82. The Hall–Kier alpha value is -3.15. The van der Waals surface area contributed by atoms with E-state index in [1.54, 1.807) is 6.92 Å². The quantitative estimate of drug-likeness (QED) is 0.568. The lowest BCUT2D eigenvalue weighted by Crippen LogP contribution is -2.39. The van der Waals surface area contributed by atoms with Crippen LogP contribution in [0.3, 0.4) is 0 Å². The van der Waals surface area contributed by atoms with Gasteiger partial charge in [0.1, 0.15) is 0 Å². The van der Waals surface area contributed by atoms with Gasteiger partial charge in [0.05, 0.1) is 11.8 Å². The first-order valence-electron chi connectivity index (χ1n) is 9.65. The number of amides is 1. The van der Waals surface area contributed by atoms with Crippen LogP contribution in [0.1, 0.15) is 32.3 Å². The van der Waals surface area contributed by atoms with Crippen molar-refractivity contribution in [2.75, 3.05) is 0 Å². The molecule has 1 amide bonds. The number of carboxylic acid groups (broad SMARTS) is 2. The SMILES string of the molecule is CC(CC(=O)N[C@H](Cc1ccc(-c2ccccc2)cc1)C[C@@H](C)C(=O)O)C(=O)O. The minimum atomic E-state index is -1.04. The number of carboxylic acids is 2. The second-order valence-electron chi connectivity index (χ2n) is 7.45. The Labute approximate surface area is 170 Å². The zero-order valence-electron chi connectivity index (χ0n) is 16.7. The first-order valence-corrected chi connectivity index (χ1v) is 9.65. The van der Waals surface area contributed by atoms with Crippen molar-refractivity contribution in [3.8, 4) is 11.1 Å². The number of rotatable bonds is 10. The molecule has 0 aliphatic rings. The van der Waals surface area contributed by atoms with Crippen molar-refractivity contribution in [2.45, 2.75) is 39.2 Å². The lowest BCUT2D eigenvalue weighted by molar-refractivity contribution is -0.143. The number of aliphatic carboxylic acids is 2. The molecule has 0 bridgehead atoms. The van der Waals surface area contributed by atoms with Crippen LogP contribution in [0.25, 0.3) is 11.1 Å². The van der Waals surface area contributed by atoms with Gasteiger partial charge in [0.25, 0.3) is 0 Å². The van der Waals surface area contributed by atoms with E-state index in [1.807, 2.05) is 54.6 Å². The number of hydrogen-bond acceptors (Lipinski definition) is 3.